The van der Waals surface area contributed by atoms with Crippen molar-refractivity contribution in [3.05, 3.63) is 77.1 Å². The number of amides is 2. The number of carbonyl (C=O) groups is 1. The lowest BCUT2D eigenvalue weighted by Gasteiger charge is -2.35. The fourth-order valence-electron chi connectivity index (χ4n) is 3.96. The summed E-state index contributed by atoms with van der Waals surface area (Å²) in [6.07, 6.45) is 1.81. The highest BCUT2D eigenvalue weighted by molar-refractivity contribution is 5.86. The number of nitrogens with zero attached hydrogens (tertiary/aromatic N) is 3. The van der Waals surface area contributed by atoms with E-state index in [1.54, 1.807) is 17.0 Å². The van der Waals surface area contributed by atoms with Gasteiger partial charge in [-0.1, -0.05) is 50.2 Å². The number of aromatic nitrogens is 2. The molecule has 0 radical (unpaired) electrons. The van der Waals surface area contributed by atoms with Crippen LogP contribution in [0.25, 0.3) is 17.0 Å². The number of aryl methyl sites for hydroxylation is 1. The first-order valence-corrected chi connectivity index (χ1v) is 11.3. The molecule has 1 atom stereocenters. The van der Waals surface area contributed by atoms with E-state index in [9.17, 15) is 9.18 Å². The molecule has 0 saturated heterocycles. The van der Waals surface area contributed by atoms with Gasteiger partial charge in [-0.05, 0) is 61.1 Å². The summed E-state index contributed by atoms with van der Waals surface area (Å²) in [5, 5.41) is 7.26. The van der Waals surface area contributed by atoms with Gasteiger partial charge in [0.25, 0.3) is 5.89 Å². The van der Waals surface area contributed by atoms with Gasteiger partial charge in [0.2, 0.25) is 5.82 Å². The van der Waals surface area contributed by atoms with Crippen molar-refractivity contribution in [3.63, 3.8) is 0 Å². The van der Waals surface area contributed by atoms with Crippen LogP contribution < -0.4 is 5.32 Å². The Kier molecular flexibility index (Phi) is 6.58. The molecule has 1 unspecified atom stereocenters. The highest BCUT2D eigenvalue weighted by atomic mass is 19.1. The highest BCUT2D eigenvalue weighted by Gasteiger charge is 2.35. The first-order chi connectivity index (χ1) is 15.9. The molecule has 0 saturated carbocycles. The van der Waals surface area contributed by atoms with E-state index in [1.165, 1.54) is 17.7 Å². The third-order valence-corrected chi connectivity index (χ3v) is 6.01. The van der Waals surface area contributed by atoms with Crippen LogP contribution in [0.5, 0.6) is 0 Å². The molecule has 6 nitrogen and oxygen atoms in total. The molecule has 1 aromatic heterocycles. The van der Waals surface area contributed by atoms with Crippen LogP contribution in [0.15, 0.2) is 58.8 Å². The molecule has 172 valence electrons. The molecule has 1 N–H and O–H groups in total. The third kappa shape index (κ3) is 4.82. The Bertz CT molecular complexity index is 1150. The van der Waals surface area contributed by atoms with Crippen molar-refractivity contribution in [2.24, 2.45) is 5.92 Å². The lowest BCUT2D eigenvalue weighted by Crippen LogP contribution is -2.46. The van der Waals surface area contributed by atoms with Gasteiger partial charge in [0.05, 0.1) is 11.6 Å². The minimum Gasteiger partial charge on any atom is -0.334 e. The fourth-order valence-corrected chi connectivity index (χ4v) is 3.96. The van der Waals surface area contributed by atoms with E-state index in [4.69, 9.17) is 4.52 Å². The maximum absolute atomic E-state index is 13.3. The summed E-state index contributed by atoms with van der Waals surface area (Å²) in [5.41, 5.74) is 4.38. The Morgan fingerprint density at radius 1 is 1.12 bits per heavy atom. The topological polar surface area (TPSA) is 71.3 Å². The second-order valence-electron chi connectivity index (χ2n) is 8.74. The number of allylic oxidation sites excluding steroid dienone is 1. The highest BCUT2D eigenvalue weighted by Crippen LogP contribution is 2.37. The Balaban J connectivity index is 1.77. The number of rotatable bonds is 7. The van der Waals surface area contributed by atoms with E-state index in [-0.39, 0.29) is 11.8 Å². The van der Waals surface area contributed by atoms with E-state index in [2.05, 4.69) is 48.4 Å². The molecular formula is C26H29FN4O2. The average Bonchev–Trinajstić information content (AvgIpc) is 3.28. The Hall–Kier alpha value is -3.48. The summed E-state index contributed by atoms with van der Waals surface area (Å²) < 4.78 is 19.0. The lowest BCUT2D eigenvalue weighted by atomic mass is 9.93. The van der Waals surface area contributed by atoms with Crippen LogP contribution in [0, 0.1) is 11.7 Å². The molecule has 3 aromatic rings. The number of hydrogen-bond donors (Lipinski definition) is 1. The number of nitrogens with one attached hydrogen (secondary N) is 1. The quantitative estimate of drug-likeness (QED) is 0.482. The average molecular weight is 449 g/mol. The van der Waals surface area contributed by atoms with Crippen LogP contribution >= 0.6 is 0 Å². The van der Waals surface area contributed by atoms with Crippen molar-refractivity contribution in [2.75, 3.05) is 6.54 Å². The normalized spacial score (nSPS) is 16.5. The summed E-state index contributed by atoms with van der Waals surface area (Å²) in [6.45, 7) is 8.89. The summed E-state index contributed by atoms with van der Waals surface area (Å²) >= 11 is 0. The van der Waals surface area contributed by atoms with E-state index >= 15 is 0 Å². The van der Waals surface area contributed by atoms with Crippen molar-refractivity contribution < 1.29 is 13.7 Å². The first-order valence-electron chi connectivity index (χ1n) is 11.3. The molecule has 7 heteroatoms. The number of halogens is 1. The predicted molar refractivity (Wildman–Crippen MR) is 126 cm³/mol. The SMILES string of the molecule is CCc1ccc(C2NC(=O)N(CCC(C)C)C(C)=C2c2nc(-c3ccc(F)cc3)no2)cc1. The Morgan fingerprint density at radius 3 is 2.45 bits per heavy atom. The van der Waals surface area contributed by atoms with Crippen LogP contribution in [0.2, 0.25) is 0 Å². The van der Waals surface area contributed by atoms with Crippen LogP contribution in [-0.4, -0.2) is 27.6 Å². The van der Waals surface area contributed by atoms with Crippen molar-refractivity contribution in [1.29, 1.82) is 0 Å². The Labute approximate surface area is 193 Å². The minimum atomic E-state index is -0.416. The van der Waals surface area contributed by atoms with Crippen LogP contribution in [0.4, 0.5) is 9.18 Å². The maximum Gasteiger partial charge on any atom is 0.322 e. The predicted octanol–water partition coefficient (Wildman–Crippen LogP) is 5.98. The minimum absolute atomic E-state index is 0.139. The van der Waals surface area contributed by atoms with Crippen LogP contribution in [0.3, 0.4) is 0 Å². The second kappa shape index (κ2) is 9.57. The molecule has 2 heterocycles. The number of urea groups is 1. The lowest BCUT2D eigenvalue weighted by molar-refractivity contribution is 0.202. The molecule has 33 heavy (non-hydrogen) atoms. The van der Waals surface area contributed by atoms with Crippen LogP contribution in [-0.2, 0) is 6.42 Å². The van der Waals surface area contributed by atoms with Gasteiger partial charge in [-0.3, -0.25) is 4.90 Å². The molecular weight excluding hydrogens is 419 g/mol. The van der Waals surface area contributed by atoms with E-state index in [0.717, 1.165) is 29.7 Å². The summed E-state index contributed by atoms with van der Waals surface area (Å²) in [4.78, 5) is 19.4. The van der Waals surface area contributed by atoms with Crippen molar-refractivity contribution in [2.45, 2.75) is 46.6 Å². The smallest absolute Gasteiger partial charge is 0.322 e. The first kappa shape index (κ1) is 22.7. The molecule has 0 aliphatic carbocycles. The van der Waals surface area contributed by atoms with Gasteiger partial charge in [0, 0.05) is 17.8 Å². The third-order valence-electron chi connectivity index (χ3n) is 6.01. The summed E-state index contributed by atoms with van der Waals surface area (Å²) in [5.74, 6) is 0.844. The molecule has 2 aromatic carbocycles. The van der Waals surface area contributed by atoms with Crippen molar-refractivity contribution in [3.8, 4) is 11.4 Å². The number of carbonyl (C=O) groups excluding carboxylic acids is 1. The monoisotopic (exact) mass is 448 g/mol. The Morgan fingerprint density at radius 2 is 1.82 bits per heavy atom. The zero-order valence-electron chi connectivity index (χ0n) is 19.4. The van der Waals surface area contributed by atoms with E-state index in [0.29, 0.717) is 29.7 Å². The molecule has 1 aliphatic rings. The number of hydrogen-bond acceptors (Lipinski definition) is 4. The largest absolute Gasteiger partial charge is 0.334 e. The molecule has 0 spiro atoms. The van der Waals surface area contributed by atoms with Gasteiger partial charge in [0.1, 0.15) is 5.82 Å². The van der Waals surface area contributed by atoms with Gasteiger partial charge in [-0.25, -0.2) is 9.18 Å². The van der Waals surface area contributed by atoms with Gasteiger partial charge in [-0.2, -0.15) is 4.98 Å². The maximum atomic E-state index is 13.3. The second-order valence-corrected chi connectivity index (χ2v) is 8.74. The summed E-state index contributed by atoms with van der Waals surface area (Å²) in [7, 11) is 0. The fraction of sp³-hybridized carbons (Fsp3) is 0.346. The number of benzene rings is 2. The molecule has 0 bridgehead atoms. The molecule has 0 fully saturated rings. The van der Waals surface area contributed by atoms with Gasteiger partial charge < -0.3 is 9.84 Å². The van der Waals surface area contributed by atoms with Crippen molar-refractivity contribution in [1.82, 2.24) is 20.4 Å². The zero-order chi connectivity index (χ0) is 23.5. The summed E-state index contributed by atoms with van der Waals surface area (Å²) in [6, 6.07) is 13.6. The van der Waals surface area contributed by atoms with Gasteiger partial charge in [-0.15, -0.1) is 0 Å². The molecule has 1 aliphatic heterocycles. The van der Waals surface area contributed by atoms with Gasteiger partial charge >= 0.3 is 6.03 Å². The zero-order valence-corrected chi connectivity index (χ0v) is 19.4. The van der Waals surface area contributed by atoms with Crippen LogP contribution in [0.1, 0.15) is 57.2 Å². The van der Waals surface area contributed by atoms with Crippen molar-refractivity contribution >= 4 is 11.6 Å². The standard InChI is InChI=1S/C26H29FN4O2/c1-5-18-6-8-19(9-7-18)23-22(17(4)31(26(32)28-23)15-14-16(2)3)25-29-24(30-33-25)20-10-12-21(27)13-11-20/h6-13,16,23H,5,14-15H2,1-4H3,(H,28,32). The van der Waals surface area contributed by atoms with E-state index < -0.39 is 6.04 Å². The van der Waals surface area contributed by atoms with Gasteiger partial charge in [0.15, 0.2) is 0 Å². The van der Waals surface area contributed by atoms with E-state index in [1.807, 2.05) is 19.1 Å². The molecule has 4 rings (SSSR count). The molecule has 2 amide bonds.